The minimum Gasteiger partial charge on any atom is -0.341 e. The Hall–Kier alpha value is -3.40. The lowest BCUT2D eigenvalue weighted by Crippen LogP contribution is -2.27. The summed E-state index contributed by atoms with van der Waals surface area (Å²) < 4.78 is 1.24. The minimum absolute atomic E-state index is 0.0879. The molecule has 1 heterocycles. The number of anilines is 1. The van der Waals surface area contributed by atoms with E-state index in [9.17, 15) is 14.4 Å². The van der Waals surface area contributed by atoms with Crippen LogP contribution in [0.4, 0.5) is 5.69 Å². The number of carbonyl (C=O) groups is 2. The molecule has 2 rings (SSSR count). The molecule has 2 amide bonds. The number of para-hydroxylation sites is 1. The Kier molecular flexibility index (Phi) is 6.07. The van der Waals surface area contributed by atoms with Crippen LogP contribution in [0.25, 0.3) is 0 Å². The van der Waals surface area contributed by atoms with Gasteiger partial charge in [0.15, 0.2) is 0 Å². The first-order valence-corrected chi connectivity index (χ1v) is 7.77. The van der Waals surface area contributed by atoms with Crippen molar-refractivity contribution in [2.75, 3.05) is 11.9 Å². The van der Waals surface area contributed by atoms with Gasteiger partial charge in [0.2, 0.25) is 0 Å². The van der Waals surface area contributed by atoms with Crippen LogP contribution in [0.3, 0.4) is 0 Å². The molecule has 0 fully saturated rings. The molecule has 0 unspecified atom stereocenters. The van der Waals surface area contributed by atoms with Crippen molar-refractivity contribution in [1.29, 1.82) is 0 Å². The zero-order valence-corrected chi connectivity index (χ0v) is 13.8. The van der Waals surface area contributed by atoms with Crippen molar-refractivity contribution in [2.24, 2.45) is 0 Å². The van der Waals surface area contributed by atoms with E-state index in [0.29, 0.717) is 12.2 Å². The number of terminal acetylenes is 1. The molecule has 0 radical (unpaired) electrons. The Morgan fingerprint density at radius 2 is 1.96 bits per heavy atom. The predicted molar refractivity (Wildman–Crippen MR) is 94.3 cm³/mol. The standard InChI is InChI=1S/C18H18N4O3/c1-3-11-19-17(24)13-7-5-6-8-14(13)20-18(25)15-9-10-16(23)22(21-15)12-4-2/h1,5-10H,4,11-12H2,2H3,(H,19,24)(H,20,25). The van der Waals surface area contributed by atoms with E-state index in [1.54, 1.807) is 24.3 Å². The van der Waals surface area contributed by atoms with Crippen LogP contribution in [0.15, 0.2) is 41.2 Å². The van der Waals surface area contributed by atoms with Crippen LogP contribution in [0.5, 0.6) is 0 Å². The fourth-order valence-corrected chi connectivity index (χ4v) is 2.15. The van der Waals surface area contributed by atoms with Crippen LogP contribution in [0, 0.1) is 12.3 Å². The van der Waals surface area contributed by atoms with Gasteiger partial charge in [-0.2, -0.15) is 5.10 Å². The van der Waals surface area contributed by atoms with Crippen molar-refractivity contribution in [3.05, 3.63) is 58.0 Å². The van der Waals surface area contributed by atoms with Crippen molar-refractivity contribution in [2.45, 2.75) is 19.9 Å². The average molecular weight is 338 g/mol. The van der Waals surface area contributed by atoms with Gasteiger partial charge in [0, 0.05) is 12.6 Å². The highest BCUT2D eigenvalue weighted by molar-refractivity contribution is 6.08. The number of hydrogen-bond acceptors (Lipinski definition) is 4. The monoisotopic (exact) mass is 338 g/mol. The fraction of sp³-hybridized carbons (Fsp3) is 0.222. The molecule has 2 aromatic rings. The first kappa shape index (κ1) is 17.9. The maximum Gasteiger partial charge on any atom is 0.276 e. The third kappa shape index (κ3) is 4.54. The summed E-state index contributed by atoms with van der Waals surface area (Å²) in [6.45, 7) is 2.42. The molecule has 0 bridgehead atoms. The molecule has 25 heavy (non-hydrogen) atoms. The number of hydrogen-bond donors (Lipinski definition) is 2. The molecule has 0 aliphatic carbocycles. The first-order chi connectivity index (χ1) is 12.1. The number of nitrogens with one attached hydrogen (secondary N) is 2. The Bertz CT molecular complexity index is 880. The summed E-state index contributed by atoms with van der Waals surface area (Å²) in [5.41, 5.74) is 0.435. The molecular formula is C18H18N4O3. The zero-order chi connectivity index (χ0) is 18.2. The summed E-state index contributed by atoms with van der Waals surface area (Å²) >= 11 is 0. The van der Waals surface area contributed by atoms with E-state index in [0.717, 1.165) is 6.42 Å². The molecule has 2 N–H and O–H groups in total. The molecule has 0 aliphatic rings. The largest absolute Gasteiger partial charge is 0.341 e. The highest BCUT2D eigenvalue weighted by Gasteiger charge is 2.15. The zero-order valence-electron chi connectivity index (χ0n) is 13.8. The highest BCUT2D eigenvalue weighted by Crippen LogP contribution is 2.15. The molecule has 7 heteroatoms. The van der Waals surface area contributed by atoms with Gasteiger partial charge in [0.1, 0.15) is 5.69 Å². The maximum atomic E-state index is 12.4. The number of carbonyl (C=O) groups excluding carboxylic acids is 2. The maximum absolute atomic E-state index is 12.4. The second-order valence-corrected chi connectivity index (χ2v) is 5.17. The van der Waals surface area contributed by atoms with E-state index in [4.69, 9.17) is 6.42 Å². The quantitative estimate of drug-likeness (QED) is 0.776. The van der Waals surface area contributed by atoms with Gasteiger partial charge in [0.25, 0.3) is 17.4 Å². The lowest BCUT2D eigenvalue weighted by Gasteiger charge is -2.11. The van der Waals surface area contributed by atoms with Crippen LogP contribution in [-0.2, 0) is 6.54 Å². The molecule has 0 spiro atoms. The van der Waals surface area contributed by atoms with Gasteiger partial charge >= 0.3 is 0 Å². The van der Waals surface area contributed by atoms with E-state index in [1.807, 2.05) is 6.92 Å². The van der Waals surface area contributed by atoms with Gasteiger partial charge in [-0.3, -0.25) is 14.4 Å². The lowest BCUT2D eigenvalue weighted by atomic mass is 10.1. The minimum atomic E-state index is -0.512. The summed E-state index contributed by atoms with van der Waals surface area (Å²) in [5.74, 6) is 1.41. The topological polar surface area (TPSA) is 93.1 Å². The predicted octanol–water partition coefficient (Wildman–Crippen LogP) is 1.27. The van der Waals surface area contributed by atoms with Gasteiger partial charge in [-0.1, -0.05) is 25.0 Å². The van der Waals surface area contributed by atoms with Crippen molar-refractivity contribution < 1.29 is 9.59 Å². The molecule has 1 aromatic heterocycles. The molecule has 7 nitrogen and oxygen atoms in total. The molecule has 0 atom stereocenters. The summed E-state index contributed by atoms with van der Waals surface area (Å²) in [6.07, 6.45) is 5.85. The van der Waals surface area contributed by atoms with E-state index >= 15 is 0 Å². The molecule has 0 saturated carbocycles. The Balaban J connectivity index is 2.24. The van der Waals surface area contributed by atoms with Crippen LogP contribution < -0.4 is 16.2 Å². The smallest absolute Gasteiger partial charge is 0.276 e. The highest BCUT2D eigenvalue weighted by atomic mass is 16.2. The Labute approximate surface area is 145 Å². The van der Waals surface area contributed by atoms with E-state index in [-0.39, 0.29) is 23.4 Å². The normalized spacial score (nSPS) is 9.92. The number of benzene rings is 1. The van der Waals surface area contributed by atoms with Gasteiger partial charge in [-0.15, -0.1) is 6.42 Å². The third-order valence-corrected chi connectivity index (χ3v) is 3.31. The summed E-state index contributed by atoms with van der Waals surface area (Å²) in [5, 5.41) is 9.24. The number of rotatable bonds is 6. The average Bonchev–Trinajstić information content (AvgIpc) is 2.62. The molecule has 128 valence electrons. The molecular weight excluding hydrogens is 320 g/mol. The molecule has 1 aromatic carbocycles. The molecule has 0 aliphatic heterocycles. The van der Waals surface area contributed by atoms with Crippen molar-refractivity contribution in [3.8, 4) is 12.3 Å². The fourth-order valence-electron chi connectivity index (χ4n) is 2.15. The van der Waals surface area contributed by atoms with Crippen LogP contribution >= 0.6 is 0 Å². The van der Waals surface area contributed by atoms with E-state index in [1.165, 1.54) is 16.8 Å². The first-order valence-electron chi connectivity index (χ1n) is 7.77. The second kappa shape index (κ2) is 8.45. The summed E-state index contributed by atoms with van der Waals surface area (Å²) in [6, 6.07) is 9.20. The van der Waals surface area contributed by atoms with Gasteiger partial charge in [0.05, 0.1) is 17.8 Å². The lowest BCUT2D eigenvalue weighted by molar-refractivity contribution is 0.0959. The van der Waals surface area contributed by atoms with Crippen LogP contribution in [-0.4, -0.2) is 28.1 Å². The van der Waals surface area contributed by atoms with E-state index < -0.39 is 11.8 Å². The second-order valence-electron chi connectivity index (χ2n) is 5.17. The van der Waals surface area contributed by atoms with Crippen LogP contribution in [0.2, 0.25) is 0 Å². The number of aryl methyl sites for hydroxylation is 1. The Morgan fingerprint density at radius 1 is 1.20 bits per heavy atom. The van der Waals surface area contributed by atoms with Gasteiger partial charge in [-0.25, -0.2) is 4.68 Å². The van der Waals surface area contributed by atoms with Crippen LogP contribution in [0.1, 0.15) is 34.2 Å². The Morgan fingerprint density at radius 3 is 2.68 bits per heavy atom. The van der Waals surface area contributed by atoms with Gasteiger partial charge < -0.3 is 10.6 Å². The SMILES string of the molecule is C#CCNC(=O)c1ccccc1NC(=O)c1ccc(=O)n(CCC)n1. The summed E-state index contributed by atoms with van der Waals surface area (Å²) in [4.78, 5) is 36.2. The molecule has 0 saturated heterocycles. The number of aromatic nitrogens is 2. The van der Waals surface area contributed by atoms with E-state index in [2.05, 4.69) is 21.7 Å². The van der Waals surface area contributed by atoms with Crippen molar-refractivity contribution in [3.63, 3.8) is 0 Å². The van der Waals surface area contributed by atoms with Gasteiger partial charge in [-0.05, 0) is 24.6 Å². The summed E-state index contributed by atoms with van der Waals surface area (Å²) in [7, 11) is 0. The number of nitrogens with zero attached hydrogens (tertiary/aromatic N) is 2. The van der Waals surface area contributed by atoms with Crippen molar-refractivity contribution in [1.82, 2.24) is 15.1 Å². The van der Waals surface area contributed by atoms with Crippen molar-refractivity contribution >= 4 is 17.5 Å². The third-order valence-electron chi connectivity index (χ3n) is 3.31. The number of amides is 2.